The van der Waals surface area contributed by atoms with E-state index < -0.39 is 17.9 Å². The first-order valence-electron chi connectivity index (χ1n) is 9.42. The molecule has 2 rings (SSSR count). The van der Waals surface area contributed by atoms with Gasteiger partial charge in [0.25, 0.3) is 11.8 Å². The van der Waals surface area contributed by atoms with Crippen LogP contribution in [0.25, 0.3) is 0 Å². The lowest BCUT2D eigenvalue weighted by Gasteiger charge is -2.16. The quantitative estimate of drug-likeness (QED) is 0.681. The Balaban J connectivity index is 1.80. The first-order valence-corrected chi connectivity index (χ1v) is 9.42. The van der Waals surface area contributed by atoms with Gasteiger partial charge in [-0.3, -0.25) is 20.4 Å². The molecule has 0 saturated heterocycles. The molecular formula is C22H28N2O4. The molecule has 28 heavy (non-hydrogen) atoms. The Bertz CT molecular complexity index is 787. The highest BCUT2D eigenvalue weighted by Gasteiger charge is 2.16. The van der Waals surface area contributed by atoms with Gasteiger partial charge >= 0.3 is 0 Å². The first-order chi connectivity index (χ1) is 13.4. The fourth-order valence-corrected chi connectivity index (χ4v) is 2.34. The van der Waals surface area contributed by atoms with Gasteiger partial charge < -0.3 is 9.47 Å². The van der Waals surface area contributed by atoms with Crippen molar-refractivity contribution in [1.29, 1.82) is 0 Å². The molecule has 0 saturated carbocycles. The van der Waals surface area contributed by atoms with Gasteiger partial charge in [-0.1, -0.05) is 32.0 Å². The van der Waals surface area contributed by atoms with E-state index in [1.165, 1.54) is 0 Å². The Hall–Kier alpha value is -3.02. The fraction of sp³-hybridized carbons (Fsp3) is 0.364. The largest absolute Gasteiger partial charge is 0.494 e. The van der Waals surface area contributed by atoms with Crippen LogP contribution in [-0.2, 0) is 4.79 Å². The summed E-state index contributed by atoms with van der Waals surface area (Å²) in [6, 6.07) is 14.2. The van der Waals surface area contributed by atoms with Crippen molar-refractivity contribution in [2.75, 3.05) is 6.61 Å². The van der Waals surface area contributed by atoms with Gasteiger partial charge in [0.2, 0.25) is 0 Å². The Morgan fingerprint density at radius 3 is 2.29 bits per heavy atom. The Morgan fingerprint density at radius 2 is 1.64 bits per heavy atom. The molecule has 0 heterocycles. The van der Waals surface area contributed by atoms with Crippen molar-refractivity contribution in [2.24, 2.45) is 5.92 Å². The van der Waals surface area contributed by atoms with Gasteiger partial charge in [-0.2, -0.15) is 0 Å². The fourth-order valence-electron chi connectivity index (χ4n) is 2.34. The molecule has 0 radical (unpaired) electrons. The van der Waals surface area contributed by atoms with Gasteiger partial charge in [-0.05, 0) is 62.1 Å². The number of nitrogens with one attached hydrogen (secondary N) is 2. The Morgan fingerprint density at radius 1 is 0.964 bits per heavy atom. The number of amides is 2. The third kappa shape index (κ3) is 6.61. The number of para-hydroxylation sites is 1. The number of benzene rings is 2. The van der Waals surface area contributed by atoms with Crippen LogP contribution in [0.5, 0.6) is 11.5 Å². The van der Waals surface area contributed by atoms with Crippen LogP contribution in [0, 0.1) is 12.8 Å². The minimum absolute atomic E-state index is 0.412. The maximum atomic E-state index is 12.2. The van der Waals surface area contributed by atoms with E-state index >= 15 is 0 Å². The molecule has 2 N–H and O–H groups in total. The van der Waals surface area contributed by atoms with Crippen LogP contribution in [0.2, 0.25) is 0 Å². The molecule has 0 aromatic heterocycles. The summed E-state index contributed by atoms with van der Waals surface area (Å²) in [6.45, 7) is 8.43. The lowest BCUT2D eigenvalue weighted by molar-refractivity contribution is -0.128. The van der Waals surface area contributed by atoms with E-state index in [0.717, 1.165) is 12.0 Å². The number of hydrogen-bond acceptors (Lipinski definition) is 4. The van der Waals surface area contributed by atoms with E-state index in [-0.39, 0.29) is 0 Å². The average molecular weight is 384 g/mol. The minimum atomic E-state index is -0.752. The van der Waals surface area contributed by atoms with E-state index in [1.807, 2.05) is 25.1 Å². The predicted molar refractivity (Wildman–Crippen MR) is 108 cm³/mol. The highest BCUT2D eigenvalue weighted by Crippen LogP contribution is 2.17. The molecule has 1 atom stereocenters. The predicted octanol–water partition coefficient (Wildman–Crippen LogP) is 3.65. The van der Waals surface area contributed by atoms with E-state index in [0.29, 0.717) is 29.6 Å². The number of hydrazine groups is 1. The summed E-state index contributed by atoms with van der Waals surface area (Å²) in [7, 11) is 0. The number of hydrogen-bond donors (Lipinski definition) is 2. The van der Waals surface area contributed by atoms with Crippen molar-refractivity contribution in [3.8, 4) is 11.5 Å². The van der Waals surface area contributed by atoms with Gasteiger partial charge in [-0.25, -0.2) is 0 Å². The van der Waals surface area contributed by atoms with Crippen LogP contribution in [0.15, 0.2) is 48.5 Å². The number of rotatable bonds is 8. The van der Waals surface area contributed by atoms with Crippen LogP contribution in [-0.4, -0.2) is 24.5 Å². The normalized spacial score (nSPS) is 11.6. The number of carbonyl (C=O) groups is 2. The second-order valence-corrected chi connectivity index (χ2v) is 7.02. The van der Waals surface area contributed by atoms with E-state index in [2.05, 4.69) is 24.7 Å². The van der Waals surface area contributed by atoms with Gasteiger partial charge in [0, 0.05) is 5.56 Å². The summed E-state index contributed by atoms with van der Waals surface area (Å²) in [5, 5.41) is 0. The monoisotopic (exact) mass is 384 g/mol. The standard InChI is InChI=1S/C22H28N2O4/c1-15(2)13-14-27-19-11-9-18(10-12-19)22(26)24-23-21(25)17(4)28-20-8-6-5-7-16(20)3/h5-12,15,17H,13-14H2,1-4H3,(H,23,25)(H,24,26). The number of carbonyl (C=O) groups excluding carboxylic acids is 2. The van der Waals surface area contributed by atoms with Gasteiger partial charge in [-0.15, -0.1) is 0 Å². The maximum Gasteiger partial charge on any atom is 0.279 e. The Labute approximate surface area is 166 Å². The molecule has 2 aromatic carbocycles. The van der Waals surface area contributed by atoms with Crippen LogP contribution in [0.1, 0.15) is 43.1 Å². The molecule has 0 fully saturated rings. The van der Waals surface area contributed by atoms with Crippen LogP contribution < -0.4 is 20.3 Å². The summed E-state index contributed by atoms with van der Waals surface area (Å²) in [5.41, 5.74) is 6.14. The summed E-state index contributed by atoms with van der Waals surface area (Å²) in [5.74, 6) is 1.06. The molecule has 2 aromatic rings. The smallest absolute Gasteiger partial charge is 0.279 e. The topological polar surface area (TPSA) is 76.7 Å². The van der Waals surface area contributed by atoms with Crippen LogP contribution in [0.4, 0.5) is 0 Å². The van der Waals surface area contributed by atoms with Crippen molar-refractivity contribution in [1.82, 2.24) is 10.9 Å². The third-order valence-corrected chi connectivity index (χ3v) is 4.15. The highest BCUT2D eigenvalue weighted by molar-refractivity contribution is 5.95. The van der Waals surface area contributed by atoms with Crippen LogP contribution in [0.3, 0.4) is 0 Å². The number of aryl methyl sites for hydroxylation is 1. The van der Waals surface area contributed by atoms with Crippen molar-refractivity contribution in [3.63, 3.8) is 0 Å². The second kappa shape index (κ2) is 10.3. The highest BCUT2D eigenvalue weighted by atomic mass is 16.5. The van der Waals surface area contributed by atoms with Gasteiger partial charge in [0.05, 0.1) is 6.61 Å². The zero-order chi connectivity index (χ0) is 20.5. The zero-order valence-electron chi connectivity index (χ0n) is 16.8. The molecule has 0 aliphatic heterocycles. The van der Waals surface area contributed by atoms with Crippen molar-refractivity contribution < 1.29 is 19.1 Å². The van der Waals surface area contributed by atoms with Crippen molar-refractivity contribution in [3.05, 3.63) is 59.7 Å². The first kappa shape index (κ1) is 21.3. The molecule has 0 aliphatic rings. The Kier molecular flexibility index (Phi) is 7.87. The summed E-state index contributed by atoms with van der Waals surface area (Å²) >= 11 is 0. The summed E-state index contributed by atoms with van der Waals surface area (Å²) < 4.78 is 11.3. The number of ether oxygens (including phenoxy) is 2. The second-order valence-electron chi connectivity index (χ2n) is 7.02. The zero-order valence-corrected chi connectivity index (χ0v) is 16.8. The van der Waals surface area contributed by atoms with Gasteiger partial charge in [0.1, 0.15) is 11.5 Å². The molecule has 0 aliphatic carbocycles. The molecule has 0 spiro atoms. The van der Waals surface area contributed by atoms with E-state index in [4.69, 9.17) is 9.47 Å². The van der Waals surface area contributed by atoms with Crippen molar-refractivity contribution >= 4 is 11.8 Å². The van der Waals surface area contributed by atoms with Crippen molar-refractivity contribution in [2.45, 2.75) is 40.2 Å². The summed E-state index contributed by atoms with van der Waals surface area (Å²) in [4.78, 5) is 24.3. The van der Waals surface area contributed by atoms with E-state index in [1.54, 1.807) is 37.3 Å². The molecule has 2 amide bonds. The molecule has 6 heteroatoms. The summed E-state index contributed by atoms with van der Waals surface area (Å²) in [6.07, 6.45) is 0.218. The average Bonchev–Trinajstić information content (AvgIpc) is 2.67. The molecule has 150 valence electrons. The van der Waals surface area contributed by atoms with Crippen LogP contribution >= 0.6 is 0 Å². The molecule has 0 bridgehead atoms. The molecular weight excluding hydrogens is 356 g/mol. The SMILES string of the molecule is Cc1ccccc1OC(C)C(=O)NNC(=O)c1ccc(OCCC(C)C)cc1. The molecule has 6 nitrogen and oxygen atoms in total. The molecule has 1 unspecified atom stereocenters. The van der Waals surface area contributed by atoms with Gasteiger partial charge in [0.15, 0.2) is 6.10 Å². The third-order valence-electron chi connectivity index (χ3n) is 4.15. The maximum absolute atomic E-state index is 12.2. The lowest BCUT2D eigenvalue weighted by atomic mass is 10.1. The minimum Gasteiger partial charge on any atom is -0.494 e. The van der Waals surface area contributed by atoms with E-state index in [9.17, 15) is 9.59 Å². The lowest BCUT2D eigenvalue weighted by Crippen LogP contribution is -2.47.